The van der Waals surface area contributed by atoms with Crippen molar-refractivity contribution in [2.75, 3.05) is 11.4 Å². The van der Waals surface area contributed by atoms with Crippen molar-refractivity contribution in [3.8, 4) is 0 Å². The molecule has 3 aliphatic rings. The number of amides is 2. The zero-order valence-electron chi connectivity index (χ0n) is 14.8. The number of anilines is 1. The number of hydrogen-bond acceptors (Lipinski definition) is 2. The van der Waals surface area contributed by atoms with Gasteiger partial charge in [-0.2, -0.15) is 13.2 Å². The molecule has 2 aliphatic carbocycles. The smallest absolute Gasteiger partial charge is 0.328 e. The van der Waals surface area contributed by atoms with Gasteiger partial charge in [0.1, 0.15) is 0 Å². The lowest BCUT2D eigenvalue weighted by molar-refractivity contribution is -0.137. The largest absolute Gasteiger partial charge is 0.416 e. The van der Waals surface area contributed by atoms with E-state index in [1.54, 1.807) is 11.1 Å². The summed E-state index contributed by atoms with van der Waals surface area (Å²) in [6.07, 6.45) is 0.853. The molecule has 146 valence electrons. The summed E-state index contributed by atoms with van der Waals surface area (Å²) in [5.41, 5.74) is 1.19. The van der Waals surface area contributed by atoms with Crippen LogP contribution in [0.1, 0.15) is 42.5 Å². The fourth-order valence-corrected chi connectivity index (χ4v) is 4.41. The Bertz CT molecular complexity index is 966. The molecule has 2 aromatic rings. The third-order valence-electron chi connectivity index (χ3n) is 6.05. The van der Waals surface area contributed by atoms with Crippen LogP contribution in [0, 0.1) is 0 Å². The maximum absolute atomic E-state index is 13.1. The number of alkyl halides is 3. The second-order valence-electron chi connectivity index (χ2n) is 7.98. The van der Waals surface area contributed by atoms with Gasteiger partial charge in [0.25, 0.3) is 0 Å². The number of nitrogens with zero attached hydrogens (tertiary/aromatic N) is 2. The highest BCUT2D eigenvalue weighted by molar-refractivity contribution is 9.10. The van der Waals surface area contributed by atoms with E-state index in [2.05, 4.69) is 26.2 Å². The number of hydrogen-bond donors (Lipinski definition) is 1. The molecular weight excluding hydrogens is 435 g/mol. The average molecular weight is 452 g/mol. The summed E-state index contributed by atoms with van der Waals surface area (Å²) >= 11 is 3.42. The summed E-state index contributed by atoms with van der Waals surface area (Å²) < 4.78 is 39.2. The minimum atomic E-state index is -4.36. The quantitative estimate of drug-likeness (QED) is 0.688. The molecule has 0 unspecified atom stereocenters. The molecule has 1 aromatic heterocycles. The standard InChI is InChI=1S/C20H17BrF3N3O/c21-14-9-15-16(25-10-14)18(5-6-18)11-27(15)17(28)26-19(7-8-19)12-1-3-13(4-2-12)20(22,23)24/h1-4,9-10H,5-8,11H2,(H,26,28). The second kappa shape index (κ2) is 5.72. The molecule has 2 fully saturated rings. The highest BCUT2D eigenvalue weighted by Crippen LogP contribution is 2.56. The predicted molar refractivity (Wildman–Crippen MR) is 101 cm³/mol. The summed E-state index contributed by atoms with van der Waals surface area (Å²) in [6.45, 7) is 0.598. The van der Waals surface area contributed by atoms with Gasteiger partial charge in [0.15, 0.2) is 0 Å². The number of pyridine rings is 1. The summed E-state index contributed by atoms with van der Waals surface area (Å²) in [4.78, 5) is 19.3. The summed E-state index contributed by atoms with van der Waals surface area (Å²) in [5, 5.41) is 3.07. The van der Waals surface area contributed by atoms with Gasteiger partial charge >= 0.3 is 12.2 Å². The Kier molecular flexibility index (Phi) is 3.67. The first-order valence-electron chi connectivity index (χ1n) is 9.16. The SMILES string of the molecule is O=C(NC1(c2ccc(C(F)(F)F)cc2)CC1)N1CC2(CC2)c2ncc(Br)cc21. The first-order valence-corrected chi connectivity index (χ1v) is 9.95. The third-order valence-corrected chi connectivity index (χ3v) is 6.48. The molecule has 0 radical (unpaired) electrons. The Balaban J connectivity index is 1.39. The number of halogens is 4. The number of carbonyl (C=O) groups is 1. The summed E-state index contributed by atoms with van der Waals surface area (Å²) in [5.74, 6) is 0. The van der Waals surface area contributed by atoms with Crippen LogP contribution in [0.25, 0.3) is 0 Å². The molecule has 4 nitrogen and oxygen atoms in total. The molecular formula is C20H17BrF3N3O. The van der Waals surface area contributed by atoms with Crippen LogP contribution in [0.3, 0.4) is 0 Å². The van der Waals surface area contributed by atoms with Gasteiger partial charge < -0.3 is 5.32 Å². The van der Waals surface area contributed by atoms with Crippen molar-refractivity contribution in [2.24, 2.45) is 0 Å². The van der Waals surface area contributed by atoms with E-state index in [0.717, 1.165) is 40.8 Å². The van der Waals surface area contributed by atoms with E-state index in [1.807, 2.05) is 6.07 Å². The highest BCUT2D eigenvalue weighted by Gasteiger charge is 2.55. The van der Waals surface area contributed by atoms with Gasteiger partial charge in [-0.3, -0.25) is 9.88 Å². The van der Waals surface area contributed by atoms with Crippen molar-refractivity contribution in [1.82, 2.24) is 10.3 Å². The number of carbonyl (C=O) groups excluding carboxylic acids is 1. The minimum absolute atomic E-state index is 0.0293. The van der Waals surface area contributed by atoms with Crippen molar-refractivity contribution in [3.63, 3.8) is 0 Å². The fourth-order valence-electron chi connectivity index (χ4n) is 4.09. The van der Waals surface area contributed by atoms with E-state index in [1.165, 1.54) is 12.1 Å². The zero-order valence-corrected chi connectivity index (χ0v) is 16.4. The fraction of sp³-hybridized carbons (Fsp3) is 0.400. The van der Waals surface area contributed by atoms with Crippen molar-refractivity contribution in [1.29, 1.82) is 0 Å². The molecule has 1 spiro atoms. The van der Waals surface area contributed by atoms with E-state index < -0.39 is 17.3 Å². The van der Waals surface area contributed by atoms with E-state index in [4.69, 9.17) is 0 Å². The van der Waals surface area contributed by atoms with Crippen LogP contribution in [0.4, 0.5) is 23.7 Å². The number of urea groups is 1. The monoisotopic (exact) mass is 451 g/mol. The Labute approximate surface area is 168 Å². The average Bonchev–Trinajstić information content (AvgIpc) is 3.55. The Morgan fingerprint density at radius 2 is 1.82 bits per heavy atom. The van der Waals surface area contributed by atoms with Gasteiger partial charge in [0.05, 0.1) is 22.5 Å². The highest BCUT2D eigenvalue weighted by atomic mass is 79.9. The van der Waals surface area contributed by atoms with Crippen molar-refractivity contribution >= 4 is 27.6 Å². The van der Waals surface area contributed by atoms with Crippen molar-refractivity contribution < 1.29 is 18.0 Å². The number of aromatic nitrogens is 1. The first kappa shape index (κ1) is 18.0. The van der Waals surface area contributed by atoms with Crippen molar-refractivity contribution in [2.45, 2.75) is 42.8 Å². The van der Waals surface area contributed by atoms with Crippen molar-refractivity contribution in [3.05, 3.63) is 57.8 Å². The van der Waals surface area contributed by atoms with Gasteiger partial charge in [-0.25, -0.2) is 4.79 Å². The molecule has 0 saturated heterocycles. The Morgan fingerprint density at radius 3 is 2.39 bits per heavy atom. The number of benzene rings is 1. The Hall–Kier alpha value is -2.09. The molecule has 1 aromatic carbocycles. The first-order chi connectivity index (χ1) is 13.2. The van der Waals surface area contributed by atoms with Gasteiger partial charge in [0, 0.05) is 22.6 Å². The summed E-state index contributed by atoms with van der Waals surface area (Å²) in [6, 6.07) is 6.78. The van der Waals surface area contributed by atoms with Gasteiger partial charge in [-0.05, 0) is 65.4 Å². The zero-order chi connectivity index (χ0) is 19.7. The molecule has 2 amide bonds. The lowest BCUT2D eigenvalue weighted by Crippen LogP contribution is -2.45. The molecule has 2 saturated carbocycles. The second-order valence-corrected chi connectivity index (χ2v) is 8.89. The molecule has 1 N–H and O–H groups in total. The van der Waals surface area contributed by atoms with Crippen LogP contribution < -0.4 is 10.2 Å². The van der Waals surface area contributed by atoms with E-state index >= 15 is 0 Å². The lowest BCUT2D eigenvalue weighted by Gasteiger charge is -2.24. The lowest BCUT2D eigenvalue weighted by atomic mass is 10.0. The van der Waals surface area contributed by atoms with E-state index in [0.29, 0.717) is 24.9 Å². The molecule has 5 rings (SSSR count). The Morgan fingerprint density at radius 1 is 1.14 bits per heavy atom. The molecule has 0 bridgehead atoms. The molecule has 1 aliphatic heterocycles. The molecule has 0 atom stereocenters. The number of rotatable bonds is 2. The van der Waals surface area contributed by atoms with Crippen LogP contribution in [-0.2, 0) is 17.1 Å². The maximum atomic E-state index is 13.1. The van der Waals surface area contributed by atoms with Crippen LogP contribution >= 0.6 is 15.9 Å². The topological polar surface area (TPSA) is 45.2 Å². The normalized spacial score (nSPS) is 20.8. The summed E-state index contributed by atoms with van der Waals surface area (Å²) in [7, 11) is 0. The van der Waals surface area contributed by atoms with E-state index in [9.17, 15) is 18.0 Å². The molecule has 2 heterocycles. The molecule has 28 heavy (non-hydrogen) atoms. The third kappa shape index (κ3) is 2.80. The van der Waals surface area contributed by atoms with Crippen LogP contribution in [0.2, 0.25) is 0 Å². The minimum Gasteiger partial charge on any atom is -0.328 e. The van der Waals surface area contributed by atoms with Gasteiger partial charge in [-0.1, -0.05) is 12.1 Å². The number of fused-ring (bicyclic) bond motifs is 2. The van der Waals surface area contributed by atoms with Gasteiger partial charge in [0.2, 0.25) is 0 Å². The maximum Gasteiger partial charge on any atom is 0.416 e. The van der Waals surface area contributed by atoms with Crippen LogP contribution in [-0.4, -0.2) is 17.6 Å². The van der Waals surface area contributed by atoms with Gasteiger partial charge in [-0.15, -0.1) is 0 Å². The molecule has 8 heteroatoms. The van der Waals surface area contributed by atoms with E-state index in [-0.39, 0.29) is 11.4 Å². The predicted octanol–water partition coefficient (Wildman–Crippen LogP) is 5.11. The van der Waals surface area contributed by atoms with Crippen LogP contribution in [0.15, 0.2) is 41.0 Å². The van der Waals surface area contributed by atoms with Crippen LogP contribution in [0.5, 0.6) is 0 Å². The number of nitrogens with one attached hydrogen (secondary N) is 1.